The number of nitrogens with one attached hydrogen (secondary N) is 2. The standard InChI is InChI=1S/C7H11N5O2/c1-14-10-7(13)6-4-12(11-9-6)5-2-8-3-5/h4-5,8H,2-3H2,1H3,(H,10,13). The van der Waals surface area contributed by atoms with Crippen molar-refractivity contribution in [2.24, 2.45) is 0 Å². The highest BCUT2D eigenvalue weighted by Gasteiger charge is 2.21. The molecule has 76 valence electrons. The van der Waals surface area contributed by atoms with Gasteiger partial charge in [0, 0.05) is 13.1 Å². The van der Waals surface area contributed by atoms with Gasteiger partial charge in [-0.15, -0.1) is 5.10 Å². The van der Waals surface area contributed by atoms with Gasteiger partial charge in [-0.05, 0) is 0 Å². The molecule has 0 saturated carbocycles. The van der Waals surface area contributed by atoms with Crippen LogP contribution >= 0.6 is 0 Å². The maximum Gasteiger partial charge on any atom is 0.296 e. The number of hydroxylamine groups is 1. The fraction of sp³-hybridized carbons (Fsp3) is 0.571. The Morgan fingerprint density at radius 1 is 1.79 bits per heavy atom. The molecule has 7 heteroatoms. The lowest BCUT2D eigenvalue weighted by Crippen LogP contribution is -2.43. The summed E-state index contributed by atoms with van der Waals surface area (Å²) in [4.78, 5) is 15.7. The van der Waals surface area contributed by atoms with Crippen LogP contribution in [-0.2, 0) is 4.84 Å². The molecule has 1 aliphatic heterocycles. The fourth-order valence-corrected chi connectivity index (χ4v) is 1.16. The molecule has 0 aromatic carbocycles. The second-order valence-electron chi connectivity index (χ2n) is 3.03. The van der Waals surface area contributed by atoms with E-state index in [4.69, 9.17) is 0 Å². The van der Waals surface area contributed by atoms with Gasteiger partial charge in [0.1, 0.15) is 0 Å². The minimum Gasteiger partial charge on any atom is -0.312 e. The van der Waals surface area contributed by atoms with Gasteiger partial charge in [-0.25, -0.2) is 10.2 Å². The van der Waals surface area contributed by atoms with Crippen LogP contribution in [0.5, 0.6) is 0 Å². The molecule has 1 saturated heterocycles. The van der Waals surface area contributed by atoms with Crippen molar-refractivity contribution in [3.63, 3.8) is 0 Å². The highest BCUT2D eigenvalue weighted by molar-refractivity contribution is 5.90. The van der Waals surface area contributed by atoms with Crippen molar-refractivity contribution in [3.8, 4) is 0 Å². The molecular weight excluding hydrogens is 186 g/mol. The number of carbonyl (C=O) groups excluding carboxylic acids is 1. The Bertz CT molecular complexity index is 333. The largest absolute Gasteiger partial charge is 0.312 e. The van der Waals surface area contributed by atoms with Gasteiger partial charge in [-0.3, -0.25) is 9.63 Å². The second-order valence-corrected chi connectivity index (χ2v) is 3.03. The van der Waals surface area contributed by atoms with Gasteiger partial charge in [0.2, 0.25) is 0 Å². The summed E-state index contributed by atoms with van der Waals surface area (Å²) in [6, 6.07) is 0.312. The number of carbonyl (C=O) groups is 1. The quantitative estimate of drug-likeness (QED) is 0.589. The molecule has 2 rings (SSSR count). The third-order valence-corrected chi connectivity index (χ3v) is 2.07. The monoisotopic (exact) mass is 197 g/mol. The average Bonchev–Trinajstić information content (AvgIpc) is 2.50. The lowest BCUT2D eigenvalue weighted by molar-refractivity contribution is 0.0532. The number of hydrogen-bond donors (Lipinski definition) is 2. The van der Waals surface area contributed by atoms with E-state index in [1.54, 1.807) is 10.9 Å². The first kappa shape index (κ1) is 9.10. The maximum absolute atomic E-state index is 11.2. The lowest BCUT2D eigenvalue weighted by atomic mass is 10.2. The van der Waals surface area contributed by atoms with Gasteiger partial charge in [0.05, 0.1) is 19.3 Å². The summed E-state index contributed by atoms with van der Waals surface area (Å²) in [7, 11) is 1.37. The van der Waals surface area contributed by atoms with Crippen LogP contribution in [0.25, 0.3) is 0 Å². The highest BCUT2D eigenvalue weighted by Crippen LogP contribution is 2.09. The fourth-order valence-electron chi connectivity index (χ4n) is 1.16. The van der Waals surface area contributed by atoms with Crippen molar-refractivity contribution in [3.05, 3.63) is 11.9 Å². The summed E-state index contributed by atoms with van der Waals surface area (Å²) < 4.78 is 1.68. The molecule has 1 amide bonds. The van der Waals surface area contributed by atoms with Crippen LogP contribution in [0.15, 0.2) is 6.20 Å². The number of amides is 1. The van der Waals surface area contributed by atoms with Crippen LogP contribution in [0, 0.1) is 0 Å². The Kier molecular flexibility index (Phi) is 2.42. The molecule has 0 spiro atoms. The third kappa shape index (κ3) is 1.59. The maximum atomic E-state index is 11.2. The SMILES string of the molecule is CONC(=O)c1cn(C2CNC2)nn1. The van der Waals surface area contributed by atoms with Gasteiger partial charge < -0.3 is 5.32 Å². The molecule has 0 unspecified atom stereocenters. The van der Waals surface area contributed by atoms with Gasteiger partial charge in [-0.1, -0.05) is 5.21 Å². The van der Waals surface area contributed by atoms with E-state index in [9.17, 15) is 4.79 Å². The molecule has 7 nitrogen and oxygen atoms in total. The van der Waals surface area contributed by atoms with E-state index in [0.717, 1.165) is 13.1 Å². The molecule has 2 heterocycles. The molecule has 0 radical (unpaired) electrons. The van der Waals surface area contributed by atoms with Gasteiger partial charge >= 0.3 is 0 Å². The Hall–Kier alpha value is -1.47. The van der Waals surface area contributed by atoms with Crippen molar-refractivity contribution in [1.29, 1.82) is 0 Å². The summed E-state index contributed by atoms with van der Waals surface area (Å²) >= 11 is 0. The molecular formula is C7H11N5O2. The molecule has 0 bridgehead atoms. The van der Waals surface area contributed by atoms with Crippen LogP contribution in [0.4, 0.5) is 0 Å². The zero-order valence-electron chi connectivity index (χ0n) is 7.73. The van der Waals surface area contributed by atoms with Gasteiger partial charge in [-0.2, -0.15) is 0 Å². The van der Waals surface area contributed by atoms with Crippen LogP contribution in [0.1, 0.15) is 16.5 Å². The average molecular weight is 197 g/mol. The van der Waals surface area contributed by atoms with E-state index in [0.29, 0.717) is 6.04 Å². The van der Waals surface area contributed by atoms with Crippen molar-refractivity contribution in [1.82, 2.24) is 25.8 Å². The normalized spacial score (nSPS) is 16.4. The molecule has 0 atom stereocenters. The van der Waals surface area contributed by atoms with Crippen molar-refractivity contribution < 1.29 is 9.63 Å². The van der Waals surface area contributed by atoms with E-state index in [-0.39, 0.29) is 11.6 Å². The van der Waals surface area contributed by atoms with Crippen LogP contribution in [-0.4, -0.2) is 41.1 Å². The van der Waals surface area contributed by atoms with Crippen LogP contribution in [0.3, 0.4) is 0 Å². The minimum absolute atomic E-state index is 0.263. The first-order valence-electron chi connectivity index (χ1n) is 4.27. The zero-order chi connectivity index (χ0) is 9.97. The summed E-state index contributed by atoms with van der Waals surface area (Å²) in [5.41, 5.74) is 2.44. The van der Waals surface area contributed by atoms with Crippen molar-refractivity contribution in [2.75, 3.05) is 20.2 Å². The lowest BCUT2D eigenvalue weighted by Gasteiger charge is -2.26. The first-order chi connectivity index (χ1) is 6.81. The molecule has 1 aromatic rings. The van der Waals surface area contributed by atoms with Crippen LogP contribution < -0.4 is 10.8 Å². The third-order valence-electron chi connectivity index (χ3n) is 2.07. The molecule has 1 aromatic heterocycles. The minimum atomic E-state index is -0.383. The molecule has 2 N–H and O–H groups in total. The van der Waals surface area contributed by atoms with E-state index in [1.165, 1.54) is 7.11 Å². The summed E-state index contributed by atoms with van der Waals surface area (Å²) in [5, 5.41) is 10.7. The smallest absolute Gasteiger partial charge is 0.296 e. The Labute approximate surface area is 80.4 Å². The molecule has 1 fully saturated rings. The number of hydrogen-bond acceptors (Lipinski definition) is 5. The van der Waals surface area contributed by atoms with Crippen molar-refractivity contribution in [2.45, 2.75) is 6.04 Å². The Morgan fingerprint density at radius 2 is 2.57 bits per heavy atom. The number of rotatable bonds is 3. The predicted molar refractivity (Wildman–Crippen MR) is 46.4 cm³/mol. The van der Waals surface area contributed by atoms with E-state index in [2.05, 4.69) is 25.9 Å². The van der Waals surface area contributed by atoms with Gasteiger partial charge in [0.15, 0.2) is 5.69 Å². The van der Waals surface area contributed by atoms with Crippen LogP contribution in [0.2, 0.25) is 0 Å². The topological polar surface area (TPSA) is 81.1 Å². The Balaban J connectivity index is 2.05. The van der Waals surface area contributed by atoms with Crippen molar-refractivity contribution >= 4 is 5.91 Å². The van der Waals surface area contributed by atoms with E-state index < -0.39 is 0 Å². The summed E-state index contributed by atoms with van der Waals surface area (Å²) in [6.45, 7) is 1.74. The Morgan fingerprint density at radius 3 is 3.14 bits per heavy atom. The van der Waals surface area contributed by atoms with E-state index >= 15 is 0 Å². The molecule has 14 heavy (non-hydrogen) atoms. The van der Waals surface area contributed by atoms with E-state index in [1.807, 2.05) is 0 Å². The van der Waals surface area contributed by atoms with Gasteiger partial charge in [0.25, 0.3) is 5.91 Å². The second kappa shape index (κ2) is 3.72. The highest BCUT2D eigenvalue weighted by atomic mass is 16.6. The number of aromatic nitrogens is 3. The number of nitrogens with zero attached hydrogens (tertiary/aromatic N) is 3. The predicted octanol–water partition coefficient (Wildman–Crippen LogP) is -1.29. The molecule has 0 aliphatic carbocycles. The first-order valence-corrected chi connectivity index (χ1v) is 4.27. The molecule has 1 aliphatic rings. The summed E-state index contributed by atoms with van der Waals surface area (Å²) in [5.74, 6) is -0.383. The summed E-state index contributed by atoms with van der Waals surface area (Å²) in [6.07, 6.45) is 1.61. The zero-order valence-corrected chi connectivity index (χ0v) is 7.73.